The van der Waals surface area contributed by atoms with Crippen molar-refractivity contribution in [1.82, 2.24) is 28.2 Å². The van der Waals surface area contributed by atoms with Crippen molar-refractivity contribution in [2.24, 2.45) is 0 Å². The first-order valence-electron chi connectivity index (χ1n) is 25.0. The maximum Gasteiger partial charge on any atom is 0.252 e. The van der Waals surface area contributed by atoms with Gasteiger partial charge in [0.25, 0.3) is 6.71 Å². The lowest BCUT2D eigenvalue weighted by Crippen LogP contribution is -2.59. The zero-order valence-electron chi connectivity index (χ0n) is 41.2. The zero-order chi connectivity index (χ0) is 47.9. The Kier molecular flexibility index (Phi) is 8.04. The summed E-state index contributed by atoms with van der Waals surface area (Å²) in [5.74, 6) is 1.94. The van der Waals surface area contributed by atoms with Crippen LogP contribution in [0.5, 0.6) is 0 Å². The van der Waals surface area contributed by atoms with E-state index in [4.69, 9.17) is 9.97 Å². The van der Waals surface area contributed by atoms with E-state index in [1.165, 1.54) is 116 Å². The topological polar surface area (TPSA) is 45.5 Å². The smallest absolute Gasteiger partial charge is 0.252 e. The average Bonchev–Trinajstić information content (AvgIpc) is 4.11. The number of nitrogens with zero attached hydrogens (tertiary/aromatic N) is 6. The number of aromatic nitrogens is 6. The van der Waals surface area contributed by atoms with Gasteiger partial charge in [0.2, 0.25) is 0 Å². The van der Waals surface area contributed by atoms with Crippen LogP contribution in [0.1, 0.15) is 44.5 Å². The number of imidazole rings is 2. The molecule has 7 heteroatoms. The molecule has 0 N–H and O–H groups in total. The highest BCUT2D eigenvalue weighted by molar-refractivity contribution is 7.00. The van der Waals surface area contributed by atoms with E-state index in [2.05, 4.69) is 225 Å². The van der Waals surface area contributed by atoms with Crippen LogP contribution in [0.3, 0.4) is 0 Å². The third-order valence-electron chi connectivity index (χ3n) is 16.4. The first-order valence-corrected chi connectivity index (χ1v) is 25.0. The maximum absolute atomic E-state index is 6.00. The van der Waals surface area contributed by atoms with E-state index >= 15 is 0 Å². The molecule has 0 unspecified atom stereocenters. The molecule has 0 amide bonds. The van der Waals surface area contributed by atoms with Gasteiger partial charge >= 0.3 is 0 Å². The summed E-state index contributed by atoms with van der Waals surface area (Å²) in [6.45, 7) is 17.8. The van der Waals surface area contributed by atoms with Crippen LogP contribution >= 0.6 is 0 Å². The van der Waals surface area contributed by atoms with Crippen LogP contribution in [-0.2, 0) is 0 Å². The maximum atomic E-state index is 6.00. The van der Waals surface area contributed by atoms with Gasteiger partial charge in [-0.2, -0.15) is 0 Å². The normalized spacial score (nSPS) is 12.8. The molecular formula is C64H49BN6. The molecule has 0 saturated heterocycles. The summed E-state index contributed by atoms with van der Waals surface area (Å²) in [5, 5.41) is 4.87. The van der Waals surface area contributed by atoms with Gasteiger partial charge < -0.3 is 9.13 Å². The van der Waals surface area contributed by atoms with Crippen molar-refractivity contribution in [3.63, 3.8) is 0 Å². The van der Waals surface area contributed by atoms with Crippen molar-refractivity contribution >= 4 is 88.8 Å². The van der Waals surface area contributed by atoms with Gasteiger partial charge in [0.15, 0.2) is 0 Å². The number of hydrogen-bond donors (Lipinski definition) is 0. The van der Waals surface area contributed by atoms with Crippen LogP contribution in [0.25, 0.3) is 111 Å². The molecule has 0 atom stereocenters. The van der Waals surface area contributed by atoms with Crippen LogP contribution < -0.4 is 16.4 Å². The van der Waals surface area contributed by atoms with Crippen molar-refractivity contribution in [3.05, 3.63) is 196 Å². The predicted molar refractivity (Wildman–Crippen MR) is 298 cm³/mol. The largest absolute Gasteiger partial charge is 0.307 e. The molecule has 0 bridgehead atoms. The quantitative estimate of drug-likeness (QED) is 0.165. The lowest BCUT2D eigenvalue weighted by molar-refractivity contribution is 1.07. The summed E-state index contributed by atoms with van der Waals surface area (Å²) in [7, 11) is 0. The van der Waals surface area contributed by atoms with Gasteiger partial charge in [-0.05, 0) is 141 Å². The Labute approximate surface area is 412 Å². The fraction of sp³-hybridized carbons (Fsp3) is 0.125. The second-order valence-corrected chi connectivity index (χ2v) is 20.5. The fourth-order valence-electron chi connectivity index (χ4n) is 13.5. The second kappa shape index (κ2) is 14.1. The first kappa shape index (κ1) is 40.5. The summed E-state index contributed by atoms with van der Waals surface area (Å²) < 4.78 is 10.1. The molecule has 2 aliphatic heterocycles. The molecule has 4 aromatic heterocycles. The Hall–Kier alpha value is -8.42. The number of para-hydroxylation sites is 4. The van der Waals surface area contributed by atoms with Gasteiger partial charge in [0, 0.05) is 44.0 Å². The van der Waals surface area contributed by atoms with Crippen molar-refractivity contribution in [2.45, 2.75) is 55.4 Å². The van der Waals surface area contributed by atoms with Gasteiger partial charge in [-0.25, -0.2) is 9.97 Å². The summed E-state index contributed by atoms with van der Waals surface area (Å²) in [4.78, 5) is 12.0. The Morgan fingerprint density at radius 2 is 0.690 bits per heavy atom. The Morgan fingerprint density at radius 3 is 1.08 bits per heavy atom. The summed E-state index contributed by atoms with van der Waals surface area (Å²) >= 11 is 0. The number of fused-ring (bicyclic) bond motifs is 12. The molecule has 2 aliphatic rings. The van der Waals surface area contributed by atoms with Crippen molar-refractivity contribution in [1.29, 1.82) is 0 Å². The number of aryl methyl sites for hydroxylation is 8. The highest BCUT2D eigenvalue weighted by atomic mass is 15.1. The Morgan fingerprint density at radius 1 is 0.338 bits per heavy atom. The van der Waals surface area contributed by atoms with Gasteiger partial charge in [-0.15, -0.1) is 0 Å². The van der Waals surface area contributed by atoms with E-state index in [-0.39, 0.29) is 6.71 Å². The van der Waals surface area contributed by atoms with E-state index < -0.39 is 0 Å². The predicted octanol–water partition coefficient (Wildman–Crippen LogP) is 13.5. The van der Waals surface area contributed by atoms with Crippen LogP contribution in [0.4, 0.5) is 0 Å². The van der Waals surface area contributed by atoms with E-state index in [0.717, 1.165) is 56.1 Å². The Balaban J connectivity index is 1.18. The third-order valence-corrected chi connectivity index (χ3v) is 16.4. The van der Waals surface area contributed by atoms with E-state index in [1.54, 1.807) is 0 Å². The molecule has 71 heavy (non-hydrogen) atoms. The highest BCUT2D eigenvalue weighted by Gasteiger charge is 2.44. The number of hydrogen-bond acceptors (Lipinski definition) is 2. The minimum atomic E-state index is -0.130. The molecule has 338 valence electrons. The minimum Gasteiger partial charge on any atom is -0.307 e. The molecule has 0 fully saturated rings. The minimum absolute atomic E-state index is 0.130. The summed E-state index contributed by atoms with van der Waals surface area (Å²) in [6.07, 6.45) is 0. The molecule has 6 nitrogen and oxygen atoms in total. The highest BCUT2D eigenvalue weighted by Crippen LogP contribution is 2.46. The van der Waals surface area contributed by atoms with E-state index in [0.29, 0.717) is 0 Å². The van der Waals surface area contributed by atoms with E-state index in [1.807, 2.05) is 0 Å². The van der Waals surface area contributed by atoms with Crippen LogP contribution in [0.15, 0.2) is 152 Å². The number of benzene rings is 9. The Bertz CT molecular complexity index is 4200. The number of rotatable bonds is 4. The summed E-state index contributed by atoms with van der Waals surface area (Å²) in [5.41, 5.74) is 29.7. The van der Waals surface area contributed by atoms with Crippen LogP contribution in [0, 0.1) is 55.4 Å². The summed E-state index contributed by atoms with van der Waals surface area (Å²) in [6, 6.07) is 56.6. The van der Waals surface area contributed by atoms with Crippen LogP contribution in [0.2, 0.25) is 0 Å². The monoisotopic (exact) mass is 912 g/mol. The molecule has 15 rings (SSSR count). The fourth-order valence-corrected chi connectivity index (χ4v) is 13.5. The molecular weight excluding hydrogens is 864 g/mol. The molecule has 0 saturated carbocycles. The average molecular weight is 913 g/mol. The lowest BCUT2D eigenvalue weighted by Gasteiger charge is -2.34. The second-order valence-electron chi connectivity index (χ2n) is 20.5. The first-order chi connectivity index (χ1) is 34.6. The molecule has 6 heterocycles. The molecule has 13 aromatic rings. The van der Waals surface area contributed by atoms with Crippen molar-refractivity contribution in [3.8, 4) is 45.5 Å². The SMILES string of the molecule is Cc1cccc(C)c1-c1nc2c3c(cc4c5ccccc5n(-c5c(C)cccc5C)c42)B2c4c(cccc4-n4c(-c5c(C)cccc5C)nc5c4c2cc2c4ccccc4n(-c4c(C)cccc4C)c25)-n13. The zero-order valence-corrected chi connectivity index (χ0v) is 41.2. The van der Waals surface area contributed by atoms with Gasteiger partial charge in [-0.3, -0.25) is 9.13 Å². The van der Waals surface area contributed by atoms with Gasteiger partial charge in [0.1, 0.15) is 22.7 Å². The standard InChI is InChI=1S/C64H49BN6/c1-34-18-13-19-35(2)52(34)63-66-55-59-44(42-26-9-11-28-48(42)68(59)57-38(5)22-15-23-39(57)6)32-46-61(55)70(63)50-30-17-31-51-54(50)65(46)47-33-45-43-27-10-12-29-49(43)69(58-40(7)24-16-25-41(58)8)60(45)56-62(47)71(51)64(67-56)53-36(3)20-14-21-37(53)4/h9-33H,1-8H3. The van der Waals surface area contributed by atoms with Crippen molar-refractivity contribution < 1.29 is 0 Å². The molecule has 0 spiro atoms. The van der Waals surface area contributed by atoms with Crippen molar-refractivity contribution in [2.75, 3.05) is 0 Å². The third kappa shape index (κ3) is 5.07. The van der Waals surface area contributed by atoms with Gasteiger partial charge in [-0.1, -0.05) is 127 Å². The molecule has 0 aliphatic carbocycles. The molecule has 9 aromatic carbocycles. The van der Waals surface area contributed by atoms with Gasteiger partial charge in [0.05, 0.1) is 44.5 Å². The lowest BCUT2D eigenvalue weighted by atomic mass is 9.34. The molecule has 0 radical (unpaired) electrons. The van der Waals surface area contributed by atoms with E-state index in [9.17, 15) is 0 Å². The van der Waals surface area contributed by atoms with Crippen LogP contribution in [-0.4, -0.2) is 34.9 Å².